The first kappa shape index (κ1) is 40.6. The highest BCUT2D eigenvalue weighted by Crippen LogP contribution is 2.53. The standard InChI is InChI=1S/C65H51NO/c1-64(2,3)48-34-30-42(31-35-48)47-33-38-59(55(40-47)43-16-7-6-8-17-43)66(49-36-37-58-56(41-49)52-20-11-13-24-57(52)65(58,4)5)60-39-32-44-18-9-10-19-50(44)62(60)46-28-26-45(27-29-46)51-22-15-23-54-53-21-12-14-25-61(53)67-63(51)54/h6-41H,1-5H3. The molecule has 12 rings (SSSR count). The van der Waals surface area contributed by atoms with Gasteiger partial charge in [0, 0.05) is 38.6 Å². The lowest BCUT2D eigenvalue weighted by Gasteiger charge is -2.32. The molecule has 2 heteroatoms. The molecule has 0 N–H and O–H groups in total. The number of furan rings is 1. The van der Waals surface area contributed by atoms with E-state index in [9.17, 15) is 0 Å². The first-order valence-corrected chi connectivity index (χ1v) is 23.5. The Kier molecular flexibility index (Phi) is 9.45. The van der Waals surface area contributed by atoms with E-state index in [0.29, 0.717) is 0 Å². The maximum absolute atomic E-state index is 6.52. The molecule has 0 atom stereocenters. The maximum Gasteiger partial charge on any atom is 0.143 e. The molecule has 1 aliphatic rings. The van der Waals surface area contributed by atoms with Crippen LogP contribution in [0, 0.1) is 0 Å². The van der Waals surface area contributed by atoms with Crippen LogP contribution in [0.3, 0.4) is 0 Å². The molecule has 0 unspecified atom stereocenters. The lowest BCUT2D eigenvalue weighted by molar-refractivity contribution is 0.590. The van der Waals surface area contributed by atoms with Gasteiger partial charge in [-0.2, -0.15) is 0 Å². The lowest BCUT2D eigenvalue weighted by Crippen LogP contribution is -2.16. The molecule has 0 bridgehead atoms. The highest BCUT2D eigenvalue weighted by atomic mass is 16.3. The molecule has 10 aromatic carbocycles. The predicted octanol–water partition coefficient (Wildman–Crippen LogP) is 18.5. The van der Waals surface area contributed by atoms with Gasteiger partial charge in [0.15, 0.2) is 0 Å². The summed E-state index contributed by atoms with van der Waals surface area (Å²) in [4.78, 5) is 2.52. The van der Waals surface area contributed by atoms with Crippen molar-refractivity contribution < 1.29 is 4.42 Å². The van der Waals surface area contributed by atoms with Gasteiger partial charge in [0.25, 0.3) is 0 Å². The van der Waals surface area contributed by atoms with Crippen molar-refractivity contribution >= 4 is 49.8 Å². The minimum atomic E-state index is -0.114. The minimum Gasteiger partial charge on any atom is -0.455 e. The summed E-state index contributed by atoms with van der Waals surface area (Å²) in [7, 11) is 0. The molecule has 11 aromatic rings. The number of anilines is 3. The quantitative estimate of drug-likeness (QED) is 0.159. The average molecular weight is 862 g/mol. The number of nitrogens with zero attached hydrogens (tertiary/aromatic N) is 1. The summed E-state index contributed by atoms with van der Waals surface area (Å²) in [6, 6.07) is 80.5. The fourth-order valence-corrected chi connectivity index (χ4v) is 10.7. The summed E-state index contributed by atoms with van der Waals surface area (Å²) >= 11 is 0. The summed E-state index contributed by atoms with van der Waals surface area (Å²) < 4.78 is 6.52. The first-order valence-electron chi connectivity index (χ1n) is 23.5. The van der Waals surface area contributed by atoms with E-state index in [1.54, 1.807) is 0 Å². The van der Waals surface area contributed by atoms with Crippen LogP contribution >= 0.6 is 0 Å². The molecular formula is C65H51NO. The third kappa shape index (κ3) is 6.78. The molecule has 0 saturated heterocycles. The maximum atomic E-state index is 6.52. The molecule has 0 saturated carbocycles. The Balaban J connectivity index is 1.09. The molecule has 67 heavy (non-hydrogen) atoms. The zero-order chi connectivity index (χ0) is 45.4. The first-order chi connectivity index (χ1) is 32.6. The van der Waals surface area contributed by atoms with E-state index in [-0.39, 0.29) is 10.8 Å². The van der Waals surface area contributed by atoms with Crippen LogP contribution in [0.15, 0.2) is 223 Å². The molecule has 0 spiro atoms. The van der Waals surface area contributed by atoms with E-state index in [4.69, 9.17) is 4.42 Å². The Hall–Kier alpha value is -7.94. The van der Waals surface area contributed by atoms with Gasteiger partial charge in [0.05, 0.1) is 11.4 Å². The van der Waals surface area contributed by atoms with Crippen LogP contribution in [-0.4, -0.2) is 0 Å². The number of benzene rings is 10. The van der Waals surface area contributed by atoms with Crippen LogP contribution in [0.2, 0.25) is 0 Å². The van der Waals surface area contributed by atoms with Gasteiger partial charge < -0.3 is 9.32 Å². The van der Waals surface area contributed by atoms with Crippen molar-refractivity contribution in [2.45, 2.75) is 45.4 Å². The molecule has 1 heterocycles. The van der Waals surface area contributed by atoms with Crippen LogP contribution in [-0.2, 0) is 10.8 Å². The summed E-state index contributed by atoms with van der Waals surface area (Å²) in [6.45, 7) is 11.5. The second-order valence-corrected chi connectivity index (χ2v) is 19.7. The van der Waals surface area contributed by atoms with Crippen LogP contribution in [0.1, 0.15) is 51.3 Å². The van der Waals surface area contributed by atoms with E-state index in [0.717, 1.165) is 66.8 Å². The number of fused-ring (bicyclic) bond motifs is 7. The van der Waals surface area contributed by atoms with Gasteiger partial charge in [-0.05, 0) is 108 Å². The van der Waals surface area contributed by atoms with Crippen molar-refractivity contribution in [2.75, 3.05) is 4.90 Å². The smallest absolute Gasteiger partial charge is 0.143 e. The lowest BCUT2D eigenvalue weighted by atomic mass is 9.82. The molecule has 0 aliphatic heterocycles. The van der Waals surface area contributed by atoms with Crippen LogP contribution in [0.25, 0.3) is 88.3 Å². The highest BCUT2D eigenvalue weighted by Gasteiger charge is 2.36. The highest BCUT2D eigenvalue weighted by molar-refractivity contribution is 6.10. The zero-order valence-corrected chi connectivity index (χ0v) is 38.6. The molecule has 0 amide bonds. The summed E-state index contributed by atoms with van der Waals surface area (Å²) in [5.74, 6) is 0. The molecule has 1 aromatic heterocycles. The van der Waals surface area contributed by atoms with E-state index in [1.807, 2.05) is 6.07 Å². The van der Waals surface area contributed by atoms with Gasteiger partial charge in [-0.1, -0.05) is 217 Å². The number of hydrogen-bond acceptors (Lipinski definition) is 2. The molecule has 2 nitrogen and oxygen atoms in total. The van der Waals surface area contributed by atoms with E-state index in [1.165, 1.54) is 55.3 Å². The fourth-order valence-electron chi connectivity index (χ4n) is 10.7. The van der Waals surface area contributed by atoms with E-state index in [2.05, 4.69) is 252 Å². The topological polar surface area (TPSA) is 16.4 Å². The Labute approximate surface area is 393 Å². The van der Waals surface area contributed by atoms with Crippen molar-refractivity contribution in [3.63, 3.8) is 0 Å². The predicted molar refractivity (Wildman–Crippen MR) is 284 cm³/mol. The molecule has 0 fully saturated rings. The van der Waals surface area contributed by atoms with Crippen LogP contribution < -0.4 is 4.90 Å². The Morgan fingerprint density at radius 3 is 1.82 bits per heavy atom. The van der Waals surface area contributed by atoms with Crippen molar-refractivity contribution in [1.29, 1.82) is 0 Å². The summed E-state index contributed by atoms with van der Waals surface area (Å²) in [5.41, 5.74) is 20.9. The summed E-state index contributed by atoms with van der Waals surface area (Å²) in [5, 5.41) is 4.66. The van der Waals surface area contributed by atoms with Gasteiger partial charge in [-0.15, -0.1) is 0 Å². The van der Waals surface area contributed by atoms with Crippen molar-refractivity contribution in [2.24, 2.45) is 0 Å². The fraction of sp³-hybridized carbons (Fsp3) is 0.108. The molecule has 1 aliphatic carbocycles. The number of para-hydroxylation sites is 2. The van der Waals surface area contributed by atoms with Gasteiger partial charge in [-0.3, -0.25) is 0 Å². The Morgan fingerprint density at radius 1 is 0.403 bits per heavy atom. The Bertz CT molecular complexity index is 3680. The second kappa shape index (κ2) is 15.6. The van der Waals surface area contributed by atoms with Gasteiger partial charge in [-0.25, -0.2) is 0 Å². The van der Waals surface area contributed by atoms with E-state index < -0.39 is 0 Å². The molecular weight excluding hydrogens is 811 g/mol. The normalized spacial score (nSPS) is 13.0. The van der Waals surface area contributed by atoms with Crippen molar-refractivity contribution in [1.82, 2.24) is 0 Å². The largest absolute Gasteiger partial charge is 0.455 e. The van der Waals surface area contributed by atoms with Gasteiger partial charge in [0.1, 0.15) is 11.2 Å². The monoisotopic (exact) mass is 861 g/mol. The third-order valence-electron chi connectivity index (χ3n) is 14.3. The zero-order valence-electron chi connectivity index (χ0n) is 38.6. The van der Waals surface area contributed by atoms with Crippen molar-refractivity contribution in [3.05, 3.63) is 235 Å². The average Bonchev–Trinajstić information content (AvgIpc) is 3.86. The SMILES string of the molecule is CC(C)(C)c1ccc(-c2ccc(N(c3ccc4c(c3)-c3ccccc3C4(C)C)c3ccc4ccccc4c3-c3ccc(-c4cccc5c4oc4ccccc45)cc3)c(-c3ccccc3)c2)cc1. The van der Waals surface area contributed by atoms with E-state index >= 15 is 0 Å². The van der Waals surface area contributed by atoms with Gasteiger partial charge >= 0.3 is 0 Å². The number of hydrogen-bond donors (Lipinski definition) is 0. The Morgan fingerprint density at radius 2 is 1.01 bits per heavy atom. The van der Waals surface area contributed by atoms with Crippen LogP contribution in [0.4, 0.5) is 17.1 Å². The minimum absolute atomic E-state index is 0.0736. The van der Waals surface area contributed by atoms with Crippen molar-refractivity contribution in [3.8, 4) is 55.6 Å². The second-order valence-electron chi connectivity index (χ2n) is 19.7. The third-order valence-corrected chi connectivity index (χ3v) is 14.3. The van der Waals surface area contributed by atoms with Crippen LogP contribution in [0.5, 0.6) is 0 Å². The van der Waals surface area contributed by atoms with Gasteiger partial charge in [0.2, 0.25) is 0 Å². The summed E-state index contributed by atoms with van der Waals surface area (Å²) in [6.07, 6.45) is 0. The number of rotatable bonds is 7. The molecule has 322 valence electrons. The molecule has 0 radical (unpaired) electrons.